The Labute approximate surface area is 85.0 Å². The molecule has 0 radical (unpaired) electrons. The number of nitrogens with one attached hydrogen (secondary N) is 1. The molecule has 0 atom stereocenters. The van der Waals surface area contributed by atoms with Gasteiger partial charge in [-0.2, -0.15) is 0 Å². The van der Waals surface area contributed by atoms with E-state index < -0.39 is 5.60 Å². The lowest BCUT2D eigenvalue weighted by atomic mass is 9.93. The first-order valence-electron chi connectivity index (χ1n) is 5.18. The molecule has 4 heteroatoms. The molecule has 1 fully saturated rings. The molecule has 1 heterocycles. The Morgan fingerprint density at radius 3 is 2.43 bits per heavy atom. The van der Waals surface area contributed by atoms with Crippen LogP contribution in [0.2, 0.25) is 0 Å². The van der Waals surface area contributed by atoms with Crippen molar-refractivity contribution in [3.05, 3.63) is 0 Å². The fourth-order valence-corrected chi connectivity index (χ4v) is 1.69. The summed E-state index contributed by atoms with van der Waals surface area (Å²) in [6.45, 7) is 6.25. The first-order valence-corrected chi connectivity index (χ1v) is 5.18. The molecule has 0 saturated carbocycles. The maximum Gasteiger partial charge on any atom is 0.213 e. The minimum atomic E-state index is -0.525. The van der Waals surface area contributed by atoms with Crippen LogP contribution in [0.3, 0.4) is 0 Å². The summed E-state index contributed by atoms with van der Waals surface area (Å²) in [4.78, 5) is 0. The van der Waals surface area contributed by atoms with Crippen LogP contribution in [-0.2, 0) is 14.2 Å². The molecule has 1 aliphatic rings. The molecule has 0 amide bonds. The molecule has 1 aliphatic heterocycles. The topological polar surface area (TPSA) is 51.5 Å². The third-order valence-corrected chi connectivity index (χ3v) is 2.42. The number of hydrogen-bond donors (Lipinski definition) is 1. The zero-order chi connectivity index (χ0) is 10.4. The van der Waals surface area contributed by atoms with Gasteiger partial charge < -0.3 is 14.2 Å². The lowest BCUT2D eigenvalue weighted by molar-refractivity contribution is -0.0758. The summed E-state index contributed by atoms with van der Waals surface area (Å²) in [6, 6.07) is 0. The van der Waals surface area contributed by atoms with E-state index in [1.807, 2.05) is 13.8 Å². The van der Waals surface area contributed by atoms with Crippen LogP contribution < -0.4 is 0 Å². The normalized spacial score (nSPS) is 20.4. The van der Waals surface area contributed by atoms with Gasteiger partial charge in [0, 0.05) is 32.7 Å². The highest BCUT2D eigenvalue weighted by molar-refractivity contribution is 5.82. The van der Waals surface area contributed by atoms with Crippen LogP contribution in [0.1, 0.15) is 26.7 Å². The maximum absolute atomic E-state index is 7.83. The number of hydrogen-bond acceptors (Lipinski definition) is 4. The van der Waals surface area contributed by atoms with E-state index in [0.717, 1.165) is 12.8 Å². The first-order chi connectivity index (χ1) is 6.75. The summed E-state index contributed by atoms with van der Waals surface area (Å²) >= 11 is 0. The third kappa shape index (κ3) is 2.45. The van der Waals surface area contributed by atoms with Crippen molar-refractivity contribution in [2.24, 2.45) is 0 Å². The van der Waals surface area contributed by atoms with Crippen LogP contribution in [0.25, 0.3) is 0 Å². The molecule has 1 N–H and O–H groups in total. The summed E-state index contributed by atoms with van der Waals surface area (Å²) < 4.78 is 16.2. The van der Waals surface area contributed by atoms with Gasteiger partial charge in [0.1, 0.15) is 5.60 Å². The van der Waals surface area contributed by atoms with E-state index >= 15 is 0 Å². The largest absolute Gasteiger partial charge is 0.479 e. The predicted octanol–water partition coefficient (Wildman–Crippen LogP) is 1.59. The highest BCUT2D eigenvalue weighted by Crippen LogP contribution is 2.26. The summed E-state index contributed by atoms with van der Waals surface area (Å²) in [7, 11) is 0. The Morgan fingerprint density at radius 1 is 1.29 bits per heavy atom. The van der Waals surface area contributed by atoms with E-state index in [4.69, 9.17) is 19.6 Å². The Morgan fingerprint density at radius 2 is 1.93 bits per heavy atom. The van der Waals surface area contributed by atoms with Crippen LogP contribution in [0.15, 0.2) is 0 Å². The zero-order valence-electron chi connectivity index (χ0n) is 8.97. The van der Waals surface area contributed by atoms with E-state index in [-0.39, 0.29) is 5.90 Å². The molecule has 82 valence electrons. The van der Waals surface area contributed by atoms with Crippen molar-refractivity contribution in [1.82, 2.24) is 0 Å². The van der Waals surface area contributed by atoms with Crippen molar-refractivity contribution in [2.45, 2.75) is 32.3 Å². The van der Waals surface area contributed by atoms with Gasteiger partial charge in [0.25, 0.3) is 0 Å². The molecule has 0 aromatic rings. The van der Waals surface area contributed by atoms with Gasteiger partial charge in [-0.25, -0.2) is 0 Å². The quantitative estimate of drug-likeness (QED) is 0.555. The highest BCUT2D eigenvalue weighted by atomic mass is 16.6. The van der Waals surface area contributed by atoms with Gasteiger partial charge >= 0.3 is 0 Å². The number of rotatable bonds is 4. The molecule has 0 aromatic carbocycles. The van der Waals surface area contributed by atoms with Crippen molar-refractivity contribution >= 4 is 5.90 Å². The first kappa shape index (κ1) is 11.5. The van der Waals surface area contributed by atoms with Gasteiger partial charge in [-0.1, -0.05) is 0 Å². The molecule has 14 heavy (non-hydrogen) atoms. The van der Waals surface area contributed by atoms with E-state index in [1.165, 1.54) is 0 Å². The summed E-state index contributed by atoms with van der Waals surface area (Å²) in [5, 5.41) is 7.83. The smallest absolute Gasteiger partial charge is 0.213 e. The average molecular weight is 201 g/mol. The van der Waals surface area contributed by atoms with Gasteiger partial charge in [0.15, 0.2) is 0 Å². The number of ether oxygens (including phenoxy) is 3. The van der Waals surface area contributed by atoms with Crippen molar-refractivity contribution < 1.29 is 14.2 Å². The van der Waals surface area contributed by atoms with Gasteiger partial charge in [0.05, 0.1) is 6.61 Å². The van der Waals surface area contributed by atoms with Crippen LogP contribution in [0.5, 0.6) is 0 Å². The fourth-order valence-electron chi connectivity index (χ4n) is 1.69. The molecule has 1 saturated heterocycles. The molecule has 0 unspecified atom stereocenters. The van der Waals surface area contributed by atoms with Gasteiger partial charge in [-0.05, 0) is 13.8 Å². The van der Waals surface area contributed by atoms with Crippen molar-refractivity contribution in [3.8, 4) is 0 Å². The summed E-state index contributed by atoms with van der Waals surface area (Å²) in [5.74, 6) is 0.255. The lowest BCUT2D eigenvalue weighted by Gasteiger charge is -2.36. The monoisotopic (exact) mass is 201 g/mol. The van der Waals surface area contributed by atoms with E-state index in [1.54, 1.807) is 0 Å². The molecule has 1 rings (SSSR count). The molecular formula is C10H19NO3. The third-order valence-electron chi connectivity index (χ3n) is 2.42. The highest BCUT2D eigenvalue weighted by Gasteiger charge is 2.39. The second kappa shape index (κ2) is 5.32. The van der Waals surface area contributed by atoms with Crippen LogP contribution >= 0.6 is 0 Å². The van der Waals surface area contributed by atoms with Crippen LogP contribution in [0.4, 0.5) is 0 Å². The summed E-state index contributed by atoms with van der Waals surface area (Å²) in [6.07, 6.45) is 1.44. The minimum Gasteiger partial charge on any atom is -0.479 e. The zero-order valence-corrected chi connectivity index (χ0v) is 8.97. The second-order valence-corrected chi connectivity index (χ2v) is 3.30. The van der Waals surface area contributed by atoms with E-state index in [2.05, 4.69) is 0 Å². The average Bonchev–Trinajstić information content (AvgIpc) is 2.20. The Bertz CT molecular complexity index is 182. The Kier molecular flexibility index (Phi) is 4.35. The van der Waals surface area contributed by atoms with Gasteiger partial charge in [-0.15, -0.1) is 0 Å². The van der Waals surface area contributed by atoms with Crippen molar-refractivity contribution in [3.63, 3.8) is 0 Å². The molecule has 0 bridgehead atoms. The van der Waals surface area contributed by atoms with Crippen LogP contribution in [0, 0.1) is 5.41 Å². The molecule has 0 aromatic heterocycles. The maximum atomic E-state index is 7.83. The fraction of sp³-hybridized carbons (Fsp3) is 0.900. The van der Waals surface area contributed by atoms with Crippen molar-refractivity contribution in [2.75, 3.05) is 26.4 Å². The Hall–Kier alpha value is -0.610. The standard InChI is InChI=1S/C10H19NO3/c1-3-13-9(11)10(14-4-2)5-7-12-8-6-10/h11H,3-8H2,1-2H3. The predicted molar refractivity (Wildman–Crippen MR) is 53.8 cm³/mol. The molecule has 4 nitrogen and oxygen atoms in total. The van der Waals surface area contributed by atoms with Gasteiger partial charge in [0.2, 0.25) is 5.90 Å². The SMILES string of the molecule is CCOC(=N)C1(OCC)CCOCC1. The molecule has 0 aliphatic carbocycles. The molecule has 0 spiro atoms. The van der Waals surface area contributed by atoms with Crippen molar-refractivity contribution in [1.29, 1.82) is 5.41 Å². The van der Waals surface area contributed by atoms with E-state index in [0.29, 0.717) is 26.4 Å². The minimum absolute atomic E-state index is 0.255. The summed E-state index contributed by atoms with van der Waals surface area (Å²) in [5.41, 5.74) is -0.525. The second-order valence-electron chi connectivity index (χ2n) is 3.30. The van der Waals surface area contributed by atoms with E-state index in [9.17, 15) is 0 Å². The molecular weight excluding hydrogens is 182 g/mol. The Balaban J connectivity index is 2.63. The van der Waals surface area contributed by atoms with Crippen LogP contribution in [-0.4, -0.2) is 37.9 Å². The van der Waals surface area contributed by atoms with Gasteiger partial charge in [-0.3, -0.25) is 5.41 Å². The lowest BCUT2D eigenvalue weighted by Crippen LogP contribution is -2.47.